The Kier molecular flexibility index (Phi) is 5.18. The van der Waals surface area contributed by atoms with Gasteiger partial charge >= 0.3 is 0 Å². The lowest BCUT2D eigenvalue weighted by Gasteiger charge is -2.26. The van der Waals surface area contributed by atoms with Gasteiger partial charge in [0.2, 0.25) is 16.0 Å². The fourth-order valence-corrected chi connectivity index (χ4v) is 4.28. The number of hydrogen-bond acceptors (Lipinski definition) is 6. The van der Waals surface area contributed by atoms with Crippen LogP contribution in [0, 0.1) is 0 Å². The van der Waals surface area contributed by atoms with Gasteiger partial charge in [0, 0.05) is 30.9 Å². The van der Waals surface area contributed by atoms with Gasteiger partial charge in [-0.05, 0) is 49.9 Å². The number of aromatic nitrogens is 3. The molecular formula is C20H25N5O3S. The van der Waals surface area contributed by atoms with E-state index in [1.165, 1.54) is 10.6 Å². The number of nitrogens with one attached hydrogen (secondary N) is 1. The van der Waals surface area contributed by atoms with Gasteiger partial charge in [0.25, 0.3) is 0 Å². The van der Waals surface area contributed by atoms with Gasteiger partial charge in [-0.3, -0.25) is 4.31 Å². The van der Waals surface area contributed by atoms with Crippen molar-refractivity contribution in [3.8, 4) is 5.82 Å². The molecule has 4 rings (SSSR count). The van der Waals surface area contributed by atoms with Crippen LogP contribution in [0.25, 0.3) is 16.7 Å². The summed E-state index contributed by atoms with van der Waals surface area (Å²) in [6.45, 7) is 0. The summed E-state index contributed by atoms with van der Waals surface area (Å²) in [4.78, 5) is 8.98. The zero-order valence-corrected chi connectivity index (χ0v) is 17.3. The first-order valence-electron chi connectivity index (χ1n) is 9.65. The second-order valence-corrected chi connectivity index (χ2v) is 9.53. The molecular weight excluding hydrogens is 390 g/mol. The highest BCUT2D eigenvalue weighted by molar-refractivity contribution is 7.92. The molecule has 0 atom stereocenters. The van der Waals surface area contributed by atoms with Crippen LogP contribution >= 0.6 is 0 Å². The summed E-state index contributed by atoms with van der Waals surface area (Å²) in [6.07, 6.45) is 7.94. The number of benzene rings is 1. The molecule has 1 fully saturated rings. The first-order valence-corrected chi connectivity index (χ1v) is 11.5. The SMILES string of the molecule is CN(c1cccc2c1ccn2-c1ccnc(NC2CCC(O)CC2)n1)S(C)(=O)=O. The quantitative estimate of drug-likeness (QED) is 0.664. The van der Waals surface area contributed by atoms with E-state index in [1.807, 2.05) is 35.0 Å². The van der Waals surface area contributed by atoms with Crippen LogP contribution < -0.4 is 9.62 Å². The van der Waals surface area contributed by atoms with Crippen LogP contribution in [0.1, 0.15) is 25.7 Å². The number of fused-ring (bicyclic) bond motifs is 1. The molecule has 2 N–H and O–H groups in total. The first kappa shape index (κ1) is 19.7. The third kappa shape index (κ3) is 4.06. The molecule has 0 aliphatic heterocycles. The molecule has 1 aromatic carbocycles. The lowest BCUT2D eigenvalue weighted by Crippen LogP contribution is -2.29. The Bertz CT molecular complexity index is 1120. The van der Waals surface area contributed by atoms with Gasteiger partial charge in [-0.15, -0.1) is 0 Å². The average Bonchev–Trinajstić information content (AvgIpc) is 3.13. The molecule has 0 amide bonds. The Morgan fingerprint density at radius 3 is 2.66 bits per heavy atom. The summed E-state index contributed by atoms with van der Waals surface area (Å²) in [6, 6.07) is 9.53. The number of hydrogen-bond donors (Lipinski definition) is 2. The average molecular weight is 416 g/mol. The van der Waals surface area contributed by atoms with Crippen LogP contribution in [0.15, 0.2) is 42.7 Å². The molecule has 0 bridgehead atoms. The zero-order valence-electron chi connectivity index (χ0n) is 16.5. The largest absolute Gasteiger partial charge is 0.393 e. The molecule has 0 radical (unpaired) electrons. The van der Waals surface area contributed by atoms with E-state index in [9.17, 15) is 13.5 Å². The molecule has 3 aromatic rings. The number of aliphatic hydroxyl groups excluding tert-OH is 1. The molecule has 2 heterocycles. The number of sulfonamides is 1. The minimum absolute atomic E-state index is 0.203. The second-order valence-electron chi connectivity index (χ2n) is 7.51. The maximum atomic E-state index is 12.0. The monoisotopic (exact) mass is 415 g/mol. The third-order valence-electron chi connectivity index (χ3n) is 5.46. The van der Waals surface area contributed by atoms with Crippen LogP contribution in [0.5, 0.6) is 0 Å². The van der Waals surface area contributed by atoms with Crippen molar-refractivity contribution in [3.63, 3.8) is 0 Å². The van der Waals surface area contributed by atoms with E-state index >= 15 is 0 Å². The van der Waals surface area contributed by atoms with Gasteiger partial charge in [0.15, 0.2) is 0 Å². The van der Waals surface area contributed by atoms with E-state index in [0.717, 1.165) is 36.6 Å². The standard InChI is InChI=1S/C20H25N5O3S/c1-24(29(2,27)28)17-4-3-5-18-16(17)11-13-25(18)19-10-12-21-20(23-19)22-14-6-8-15(26)9-7-14/h3-5,10-15,26H,6-9H2,1-2H3,(H,21,22,23). The Hall–Kier alpha value is -2.65. The minimum Gasteiger partial charge on any atom is -0.393 e. The van der Waals surface area contributed by atoms with Crippen LogP contribution in [-0.4, -0.2) is 53.5 Å². The van der Waals surface area contributed by atoms with Crippen molar-refractivity contribution in [1.82, 2.24) is 14.5 Å². The molecule has 29 heavy (non-hydrogen) atoms. The van der Waals surface area contributed by atoms with E-state index in [2.05, 4.69) is 15.3 Å². The summed E-state index contributed by atoms with van der Waals surface area (Å²) in [5.74, 6) is 1.25. The van der Waals surface area contributed by atoms with Crippen LogP contribution in [0.2, 0.25) is 0 Å². The second kappa shape index (κ2) is 7.64. The van der Waals surface area contributed by atoms with E-state index in [-0.39, 0.29) is 12.1 Å². The van der Waals surface area contributed by atoms with E-state index < -0.39 is 10.0 Å². The molecule has 2 aromatic heterocycles. The molecule has 1 saturated carbocycles. The molecule has 154 valence electrons. The van der Waals surface area contributed by atoms with Crippen LogP contribution in [0.4, 0.5) is 11.6 Å². The zero-order chi connectivity index (χ0) is 20.6. The van der Waals surface area contributed by atoms with Crippen LogP contribution in [0.3, 0.4) is 0 Å². The Morgan fingerprint density at radius 1 is 1.17 bits per heavy atom. The number of nitrogens with zero attached hydrogens (tertiary/aromatic N) is 4. The van der Waals surface area contributed by atoms with E-state index in [0.29, 0.717) is 17.5 Å². The summed E-state index contributed by atoms with van der Waals surface area (Å²) in [7, 11) is -1.81. The van der Waals surface area contributed by atoms with Crippen molar-refractivity contribution in [3.05, 3.63) is 42.7 Å². The van der Waals surface area contributed by atoms with E-state index in [4.69, 9.17) is 0 Å². The molecule has 9 heteroatoms. The van der Waals surface area contributed by atoms with E-state index in [1.54, 1.807) is 19.3 Å². The molecule has 1 aliphatic rings. The number of rotatable bonds is 5. The maximum Gasteiger partial charge on any atom is 0.232 e. The third-order valence-corrected chi connectivity index (χ3v) is 6.66. The van der Waals surface area contributed by atoms with Crippen molar-refractivity contribution in [2.24, 2.45) is 0 Å². The first-order chi connectivity index (χ1) is 13.8. The molecule has 0 saturated heterocycles. The van der Waals surface area contributed by atoms with Crippen molar-refractivity contribution in [2.75, 3.05) is 22.9 Å². The summed E-state index contributed by atoms with van der Waals surface area (Å²) in [5, 5.41) is 13.9. The summed E-state index contributed by atoms with van der Waals surface area (Å²) in [5.41, 5.74) is 1.49. The maximum absolute atomic E-state index is 12.0. The van der Waals surface area contributed by atoms with Gasteiger partial charge in [0.1, 0.15) is 5.82 Å². The lowest BCUT2D eigenvalue weighted by atomic mass is 9.93. The van der Waals surface area contributed by atoms with Gasteiger partial charge in [0.05, 0.1) is 23.6 Å². The Morgan fingerprint density at radius 2 is 1.93 bits per heavy atom. The highest BCUT2D eigenvalue weighted by atomic mass is 32.2. The summed E-state index contributed by atoms with van der Waals surface area (Å²) >= 11 is 0. The Labute approximate surface area is 170 Å². The van der Waals surface area contributed by atoms with Crippen molar-refractivity contribution < 1.29 is 13.5 Å². The van der Waals surface area contributed by atoms with Gasteiger partial charge in [-0.2, -0.15) is 4.98 Å². The van der Waals surface area contributed by atoms with Crippen molar-refractivity contribution in [2.45, 2.75) is 37.8 Å². The van der Waals surface area contributed by atoms with Crippen molar-refractivity contribution in [1.29, 1.82) is 0 Å². The van der Waals surface area contributed by atoms with Gasteiger partial charge in [-0.1, -0.05) is 6.07 Å². The molecule has 0 spiro atoms. The van der Waals surface area contributed by atoms with Gasteiger partial charge in [-0.25, -0.2) is 13.4 Å². The molecule has 1 aliphatic carbocycles. The normalized spacial score (nSPS) is 20.0. The highest BCUT2D eigenvalue weighted by Crippen LogP contribution is 2.30. The summed E-state index contributed by atoms with van der Waals surface area (Å²) < 4.78 is 27.2. The van der Waals surface area contributed by atoms with Gasteiger partial charge < -0.3 is 15.0 Å². The van der Waals surface area contributed by atoms with Crippen LogP contribution in [-0.2, 0) is 10.0 Å². The van der Waals surface area contributed by atoms with Crippen molar-refractivity contribution >= 4 is 32.6 Å². The number of anilines is 2. The topological polar surface area (TPSA) is 100 Å². The molecule has 0 unspecified atom stereocenters. The molecule has 8 nitrogen and oxygen atoms in total. The predicted octanol–water partition coefficient (Wildman–Crippen LogP) is 2.53. The highest BCUT2D eigenvalue weighted by Gasteiger charge is 2.20. The smallest absolute Gasteiger partial charge is 0.232 e. The minimum atomic E-state index is -3.36. The predicted molar refractivity (Wildman–Crippen MR) is 114 cm³/mol. The fourth-order valence-electron chi connectivity index (χ4n) is 3.76. The Balaban J connectivity index is 1.65. The lowest BCUT2D eigenvalue weighted by molar-refractivity contribution is 0.126. The number of aliphatic hydroxyl groups is 1. The fraction of sp³-hybridized carbons (Fsp3) is 0.400.